The van der Waals surface area contributed by atoms with Crippen molar-refractivity contribution < 1.29 is 4.39 Å². The Hall–Kier alpha value is -0.770. The van der Waals surface area contributed by atoms with Crippen molar-refractivity contribution in [1.82, 2.24) is 0 Å². The number of benzene rings is 1. The maximum absolute atomic E-state index is 13.1. The first-order valence-electron chi connectivity index (χ1n) is 5.03. The molecule has 0 radical (unpaired) electrons. The molecule has 0 amide bonds. The third-order valence-electron chi connectivity index (χ3n) is 2.99. The molecule has 2 nitrogen and oxygen atoms in total. The van der Waals surface area contributed by atoms with E-state index in [1.807, 2.05) is 0 Å². The molecule has 4 heteroatoms. The quantitative estimate of drug-likeness (QED) is 0.809. The van der Waals surface area contributed by atoms with Crippen LogP contribution in [0.1, 0.15) is 26.2 Å². The largest absolute Gasteiger partial charge is 0.397 e. The lowest BCUT2D eigenvalue weighted by atomic mass is 9.78. The molecule has 15 heavy (non-hydrogen) atoms. The summed E-state index contributed by atoms with van der Waals surface area (Å²) in [6.45, 7) is 2.16. The van der Waals surface area contributed by atoms with Crippen LogP contribution in [-0.2, 0) is 0 Å². The molecule has 0 aliphatic heterocycles. The highest BCUT2D eigenvalue weighted by Gasteiger charge is 2.31. The highest BCUT2D eigenvalue weighted by molar-refractivity contribution is 9.10. The minimum absolute atomic E-state index is 0.130. The van der Waals surface area contributed by atoms with Crippen LogP contribution in [0.4, 0.5) is 15.8 Å². The van der Waals surface area contributed by atoms with Gasteiger partial charge in [-0.15, -0.1) is 0 Å². The van der Waals surface area contributed by atoms with E-state index in [0.29, 0.717) is 10.2 Å². The third kappa shape index (κ3) is 2.09. The van der Waals surface area contributed by atoms with Crippen molar-refractivity contribution in [2.45, 2.75) is 31.7 Å². The molecule has 82 valence electrons. The molecule has 3 N–H and O–H groups in total. The first kappa shape index (κ1) is 10.7. The van der Waals surface area contributed by atoms with Gasteiger partial charge in [0.15, 0.2) is 0 Å². The molecular weight excluding hydrogens is 259 g/mol. The van der Waals surface area contributed by atoms with Crippen LogP contribution in [0.5, 0.6) is 0 Å². The first-order chi connectivity index (χ1) is 7.00. The molecule has 2 rings (SSSR count). The van der Waals surface area contributed by atoms with E-state index in [2.05, 4.69) is 28.2 Å². The molecule has 0 bridgehead atoms. The molecule has 1 aliphatic rings. The van der Waals surface area contributed by atoms with Gasteiger partial charge in [0.2, 0.25) is 0 Å². The minimum Gasteiger partial charge on any atom is -0.397 e. The number of hydrogen-bond acceptors (Lipinski definition) is 2. The van der Waals surface area contributed by atoms with Gasteiger partial charge in [-0.3, -0.25) is 0 Å². The summed E-state index contributed by atoms with van der Waals surface area (Å²) in [5, 5.41) is 3.37. The highest BCUT2D eigenvalue weighted by Crippen LogP contribution is 2.37. The maximum Gasteiger partial charge on any atom is 0.139 e. The Morgan fingerprint density at radius 1 is 1.47 bits per heavy atom. The normalized spacial score (nSPS) is 18.3. The smallest absolute Gasteiger partial charge is 0.139 e. The number of nitrogens with two attached hydrogens (primary N) is 1. The van der Waals surface area contributed by atoms with Crippen LogP contribution in [0.25, 0.3) is 0 Å². The Kier molecular flexibility index (Phi) is 2.63. The monoisotopic (exact) mass is 272 g/mol. The lowest BCUT2D eigenvalue weighted by Gasteiger charge is -2.40. The minimum atomic E-state index is -0.322. The summed E-state index contributed by atoms with van der Waals surface area (Å²) in [6.07, 6.45) is 3.52. The topological polar surface area (TPSA) is 38.0 Å². The molecule has 1 fully saturated rings. The molecular formula is C11H14BrFN2. The highest BCUT2D eigenvalue weighted by atomic mass is 79.9. The number of anilines is 2. The fourth-order valence-electron chi connectivity index (χ4n) is 1.83. The molecule has 1 saturated carbocycles. The van der Waals surface area contributed by atoms with Gasteiger partial charge in [-0.1, -0.05) is 0 Å². The van der Waals surface area contributed by atoms with Crippen molar-refractivity contribution in [2.24, 2.45) is 0 Å². The van der Waals surface area contributed by atoms with Crippen molar-refractivity contribution >= 4 is 27.3 Å². The summed E-state index contributed by atoms with van der Waals surface area (Å²) in [4.78, 5) is 0. The fraction of sp³-hybridized carbons (Fsp3) is 0.455. The average Bonchev–Trinajstić information content (AvgIpc) is 2.11. The molecule has 0 unspecified atom stereocenters. The van der Waals surface area contributed by atoms with Gasteiger partial charge in [0, 0.05) is 11.6 Å². The summed E-state index contributed by atoms with van der Waals surface area (Å²) >= 11 is 3.16. The van der Waals surface area contributed by atoms with Crippen LogP contribution < -0.4 is 11.1 Å². The first-order valence-corrected chi connectivity index (χ1v) is 5.82. The van der Waals surface area contributed by atoms with E-state index in [-0.39, 0.29) is 11.4 Å². The van der Waals surface area contributed by atoms with E-state index in [0.717, 1.165) is 18.5 Å². The number of hydrogen-bond donors (Lipinski definition) is 2. The van der Waals surface area contributed by atoms with Crippen LogP contribution in [-0.4, -0.2) is 5.54 Å². The van der Waals surface area contributed by atoms with Crippen LogP contribution >= 0.6 is 15.9 Å². The number of nitrogens with one attached hydrogen (secondary N) is 1. The van der Waals surface area contributed by atoms with Crippen molar-refractivity contribution in [1.29, 1.82) is 0 Å². The van der Waals surface area contributed by atoms with Gasteiger partial charge in [-0.05, 0) is 48.2 Å². The van der Waals surface area contributed by atoms with Gasteiger partial charge in [0.1, 0.15) is 5.82 Å². The Labute approximate surface area is 97.2 Å². The number of nitrogen functional groups attached to an aromatic ring is 1. The second-order valence-corrected chi connectivity index (χ2v) is 5.25. The van der Waals surface area contributed by atoms with Gasteiger partial charge in [0.25, 0.3) is 0 Å². The average molecular weight is 273 g/mol. The van der Waals surface area contributed by atoms with Crippen LogP contribution in [0.2, 0.25) is 0 Å². The van der Waals surface area contributed by atoms with E-state index in [1.54, 1.807) is 6.07 Å². The van der Waals surface area contributed by atoms with Gasteiger partial charge >= 0.3 is 0 Å². The van der Waals surface area contributed by atoms with E-state index < -0.39 is 0 Å². The third-order valence-corrected chi connectivity index (χ3v) is 3.59. The summed E-state index contributed by atoms with van der Waals surface area (Å²) in [5.74, 6) is -0.322. The summed E-state index contributed by atoms with van der Waals surface area (Å²) < 4.78 is 13.6. The van der Waals surface area contributed by atoms with Gasteiger partial charge in [-0.2, -0.15) is 0 Å². The second-order valence-electron chi connectivity index (χ2n) is 4.39. The lowest BCUT2D eigenvalue weighted by molar-refractivity contribution is 0.307. The predicted octanol–water partition coefficient (Wildman–Crippen LogP) is 3.52. The molecule has 0 saturated heterocycles. The van der Waals surface area contributed by atoms with Crippen molar-refractivity contribution in [3.63, 3.8) is 0 Å². The maximum atomic E-state index is 13.1. The van der Waals surface area contributed by atoms with E-state index in [4.69, 9.17) is 5.73 Å². The predicted molar refractivity (Wildman–Crippen MR) is 64.4 cm³/mol. The van der Waals surface area contributed by atoms with Gasteiger partial charge < -0.3 is 11.1 Å². The molecule has 1 aromatic carbocycles. The zero-order valence-electron chi connectivity index (χ0n) is 8.61. The second kappa shape index (κ2) is 3.67. The van der Waals surface area contributed by atoms with Crippen LogP contribution in [0, 0.1) is 5.82 Å². The van der Waals surface area contributed by atoms with Gasteiger partial charge in [-0.25, -0.2) is 4.39 Å². The zero-order chi connectivity index (χ0) is 11.1. The van der Waals surface area contributed by atoms with Crippen molar-refractivity contribution in [3.05, 3.63) is 22.4 Å². The lowest BCUT2D eigenvalue weighted by Crippen LogP contribution is -2.41. The summed E-state index contributed by atoms with van der Waals surface area (Å²) in [6, 6.07) is 3.04. The van der Waals surface area contributed by atoms with Crippen molar-refractivity contribution in [2.75, 3.05) is 11.1 Å². The molecule has 0 spiro atoms. The molecule has 0 aromatic heterocycles. The molecule has 1 aliphatic carbocycles. The SMILES string of the molecule is CC1(Nc2cc(Br)c(F)cc2N)CCC1. The van der Waals surface area contributed by atoms with E-state index in [1.165, 1.54) is 12.5 Å². The molecule has 0 heterocycles. The Morgan fingerprint density at radius 2 is 2.13 bits per heavy atom. The fourth-order valence-corrected chi connectivity index (χ4v) is 2.17. The number of halogens is 2. The molecule has 0 atom stereocenters. The van der Waals surface area contributed by atoms with Crippen molar-refractivity contribution in [3.8, 4) is 0 Å². The Bertz CT molecular complexity index is 388. The number of rotatable bonds is 2. The standard InChI is InChI=1S/C11H14BrFN2/c1-11(3-2-4-11)15-10-5-7(12)8(13)6-9(10)14/h5-6,15H,2-4,14H2,1H3. The summed E-state index contributed by atoms with van der Waals surface area (Å²) in [5.41, 5.74) is 7.16. The molecule has 1 aromatic rings. The van der Waals surface area contributed by atoms with Crippen LogP contribution in [0.15, 0.2) is 16.6 Å². The zero-order valence-corrected chi connectivity index (χ0v) is 10.2. The Morgan fingerprint density at radius 3 is 2.67 bits per heavy atom. The van der Waals surface area contributed by atoms with E-state index >= 15 is 0 Å². The van der Waals surface area contributed by atoms with Crippen LogP contribution in [0.3, 0.4) is 0 Å². The summed E-state index contributed by atoms with van der Waals surface area (Å²) in [7, 11) is 0. The van der Waals surface area contributed by atoms with E-state index in [9.17, 15) is 4.39 Å². The van der Waals surface area contributed by atoms with Gasteiger partial charge in [0.05, 0.1) is 15.8 Å². The Balaban J connectivity index is 2.24.